The van der Waals surface area contributed by atoms with Gasteiger partial charge in [0.05, 0.1) is 6.17 Å². The standard InChI is InChI=1S/C17H26N2/c1-2-17(18)19-14-8-4-7-11-16(19)13-12-15-9-5-3-6-10-15/h3,5-6,9-10,12-13,16-17H,2,4,7-8,11,14,18H2,1H3/b13-12+. The van der Waals surface area contributed by atoms with Crippen LogP contribution in [0.15, 0.2) is 36.4 Å². The summed E-state index contributed by atoms with van der Waals surface area (Å²) >= 11 is 0. The van der Waals surface area contributed by atoms with Crippen LogP contribution in [0, 0.1) is 0 Å². The zero-order chi connectivity index (χ0) is 13.5. The van der Waals surface area contributed by atoms with E-state index in [2.05, 4.69) is 54.3 Å². The molecular weight excluding hydrogens is 232 g/mol. The Hall–Kier alpha value is -1.12. The van der Waals surface area contributed by atoms with Gasteiger partial charge in [0.2, 0.25) is 0 Å². The Morgan fingerprint density at radius 3 is 2.79 bits per heavy atom. The van der Waals surface area contributed by atoms with Gasteiger partial charge in [-0.3, -0.25) is 4.90 Å². The van der Waals surface area contributed by atoms with E-state index in [0.717, 1.165) is 13.0 Å². The molecule has 1 aromatic rings. The van der Waals surface area contributed by atoms with Crippen molar-refractivity contribution in [3.63, 3.8) is 0 Å². The summed E-state index contributed by atoms with van der Waals surface area (Å²) in [7, 11) is 0. The van der Waals surface area contributed by atoms with E-state index in [4.69, 9.17) is 5.73 Å². The summed E-state index contributed by atoms with van der Waals surface area (Å²) in [6.07, 6.45) is 11.0. The lowest BCUT2D eigenvalue weighted by Gasteiger charge is -2.32. The van der Waals surface area contributed by atoms with Gasteiger partial charge < -0.3 is 5.73 Å². The van der Waals surface area contributed by atoms with Gasteiger partial charge in [0, 0.05) is 12.6 Å². The maximum atomic E-state index is 6.27. The smallest absolute Gasteiger partial charge is 0.0574 e. The minimum atomic E-state index is 0.198. The molecule has 2 unspecified atom stereocenters. The van der Waals surface area contributed by atoms with E-state index in [-0.39, 0.29) is 6.17 Å². The van der Waals surface area contributed by atoms with E-state index in [0.29, 0.717) is 6.04 Å². The molecule has 19 heavy (non-hydrogen) atoms. The Bertz CT molecular complexity index is 386. The number of nitrogens with two attached hydrogens (primary N) is 1. The minimum Gasteiger partial charge on any atom is -0.316 e. The second kappa shape index (κ2) is 7.46. The van der Waals surface area contributed by atoms with Crippen molar-refractivity contribution in [2.24, 2.45) is 5.73 Å². The summed E-state index contributed by atoms with van der Waals surface area (Å²) in [5.41, 5.74) is 7.54. The average molecular weight is 258 g/mol. The van der Waals surface area contributed by atoms with Crippen molar-refractivity contribution in [2.45, 2.75) is 51.2 Å². The molecule has 1 aliphatic heterocycles. The van der Waals surface area contributed by atoms with Gasteiger partial charge in [0.15, 0.2) is 0 Å². The summed E-state index contributed by atoms with van der Waals surface area (Å²) in [6, 6.07) is 11.0. The predicted molar refractivity (Wildman–Crippen MR) is 82.7 cm³/mol. The molecule has 1 fully saturated rings. The molecule has 2 rings (SSSR count). The van der Waals surface area contributed by atoms with Crippen LogP contribution >= 0.6 is 0 Å². The van der Waals surface area contributed by atoms with Crippen LogP contribution in [-0.4, -0.2) is 23.7 Å². The molecule has 0 aliphatic carbocycles. The number of benzene rings is 1. The summed E-state index contributed by atoms with van der Waals surface area (Å²) in [5, 5.41) is 0. The normalized spacial score (nSPS) is 23.4. The molecule has 2 heteroatoms. The fraction of sp³-hybridized carbons (Fsp3) is 0.529. The van der Waals surface area contributed by atoms with Crippen molar-refractivity contribution < 1.29 is 0 Å². The van der Waals surface area contributed by atoms with E-state index in [1.165, 1.54) is 31.2 Å². The van der Waals surface area contributed by atoms with Gasteiger partial charge in [-0.05, 0) is 24.8 Å². The SMILES string of the molecule is CCC(N)N1CCCCCC1/C=C/c1ccccc1. The van der Waals surface area contributed by atoms with Crippen LogP contribution in [0.4, 0.5) is 0 Å². The molecular formula is C17H26N2. The minimum absolute atomic E-state index is 0.198. The lowest BCUT2D eigenvalue weighted by molar-refractivity contribution is 0.162. The highest BCUT2D eigenvalue weighted by Crippen LogP contribution is 2.20. The molecule has 2 nitrogen and oxygen atoms in total. The predicted octanol–water partition coefficient (Wildman–Crippen LogP) is 3.64. The maximum Gasteiger partial charge on any atom is 0.0574 e. The van der Waals surface area contributed by atoms with Crippen LogP contribution in [0.3, 0.4) is 0 Å². The van der Waals surface area contributed by atoms with E-state index in [9.17, 15) is 0 Å². The van der Waals surface area contributed by atoms with Crippen LogP contribution in [0.1, 0.15) is 44.6 Å². The van der Waals surface area contributed by atoms with Gasteiger partial charge in [-0.1, -0.05) is 62.2 Å². The van der Waals surface area contributed by atoms with E-state index in [1.807, 2.05) is 0 Å². The number of rotatable bonds is 4. The first-order valence-corrected chi connectivity index (χ1v) is 7.56. The van der Waals surface area contributed by atoms with Crippen molar-refractivity contribution in [1.82, 2.24) is 4.90 Å². The van der Waals surface area contributed by atoms with E-state index >= 15 is 0 Å². The molecule has 0 amide bonds. The first-order chi connectivity index (χ1) is 9.31. The zero-order valence-corrected chi connectivity index (χ0v) is 12.0. The zero-order valence-electron chi connectivity index (χ0n) is 12.0. The van der Waals surface area contributed by atoms with E-state index < -0.39 is 0 Å². The second-order valence-electron chi connectivity index (χ2n) is 5.40. The Labute approximate surface area is 117 Å². The quantitative estimate of drug-likeness (QED) is 0.893. The topological polar surface area (TPSA) is 29.3 Å². The fourth-order valence-electron chi connectivity index (χ4n) is 2.80. The highest BCUT2D eigenvalue weighted by molar-refractivity contribution is 5.49. The van der Waals surface area contributed by atoms with Crippen LogP contribution in [0.25, 0.3) is 6.08 Å². The van der Waals surface area contributed by atoms with Gasteiger partial charge in [-0.15, -0.1) is 0 Å². The molecule has 1 heterocycles. The van der Waals surface area contributed by atoms with Crippen LogP contribution in [0.5, 0.6) is 0 Å². The van der Waals surface area contributed by atoms with Crippen molar-refractivity contribution in [3.05, 3.63) is 42.0 Å². The molecule has 104 valence electrons. The van der Waals surface area contributed by atoms with Crippen molar-refractivity contribution in [1.29, 1.82) is 0 Å². The summed E-state index contributed by atoms with van der Waals surface area (Å²) in [5.74, 6) is 0. The number of hydrogen-bond donors (Lipinski definition) is 1. The molecule has 1 saturated heterocycles. The number of nitrogens with zero attached hydrogens (tertiary/aromatic N) is 1. The van der Waals surface area contributed by atoms with Crippen LogP contribution < -0.4 is 5.73 Å². The molecule has 1 aliphatic rings. The molecule has 0 radical (unpaired) electrons. The first kappa shape index (κ1) is 14.3. The maximum absolute atomic E-state index is 6.27. The van der Waals surface area contributed by atoms with Gasteiger partial charge >= 0.3 is 0 Å². The molecule has 0 saturated carbocycles. The Morgan fingerprint density at radius 1 is 1.26 bits per heavy atom. The summed E-state index contributed by atoms with van der Waals surface area (Å²) in [6.45, 7) is 3.31. The fourth-order valence-corrected chi connectivity index (χ4v) is 2.80. The highest BCUT2D eigenvalue weighted by atomic mass is 15.2. The first-order valence-electron chi connectivity index (χ1n) is 7.56. The summed E-state index contributed by atoms with van der Waals surface area (Å²) < 4.78 is 0. The Kier molecular flexibility index (Phi) is 5.62. The molecule has 0 spiro atoms. The Balaban J connectivity index is 2.07. The van der Waals surface area contributed by atoms with Crippen molar-refractivity contribution in [3.8, 4) is 0 Å². The number of hydrogen-bond acceptors (Lipinski definition) is 2. The third kappa shape index (κ3) is 4.19. The molecule has 2 atom stereocenters. The lowest BCUT2D eigenvalue weighted by Crippen LogP contribution is -2.46. The monoisotopic (exact) mass is 258 g/mol. The third-order valence-corrected chi connectivity index (χ3v) is 4.00. The van der Waals surface area contributed by atoms with Crippen LogP contribution in [-0.2, 0) is 0 Å². The third-order valence-electron chi connectivity index (χ3n) is 4.00. The van der Waals surface area contributed by atoms with Crippen molar-refractivity contribution in [2.75, 3.05) is 6.54 Å². The van der Waals surface area contributed by atoms with Gasteiger partial charge in [-0.2, -0.15) is 0 Å². The average Bonchev–Trinajstić information content (AvgIpc) is 2.70. The van der Waals surface area contributed by atoms with Crippen LogP contribution in [0.2, 0.25) is 0 Å². The summed E-state index contributed by atoms with van der Waals surface area (Å²) in [4.78, 5) is 2.48. The largest absolute Gasteiger partial charge is 0.316 e. The molecule has 1 aromatic carbocycles. The van der Waals surface area contributed by atoms with Gasteiger partial charge in [0.25, 0.3) is 0 Å². The van der Waals surface area contributed by atoms with E-state index in [1.54, 1.807) is 0 Å². The molecule has 0 bridgehead atoms. The van der Waals surface area contributed by atoms with Crippen molar-refractivity contribution >= 4 is 6.08 Å². The van der Waals surface area contributed by atoms with Gasteiger partial charge in [-0.25, -0.2) is 0 Å². The highest BCUT2D eigenvalue weighted by Gasteiger charge is 2.22. The molecule has 2 N–H and O–H groups in total. The Morgan fingerprint density at radius 2 is 2.05 bits per heavy atom. The lowest BCUT2D eigenvalue weighted by atomic mass is 10.1. The van der Waals surface area contributed by atoms with Gasteiger partial charge in [0.1, 0.15) is 0 Å². The second-order valence-corrected chi connectivity index (χ2v) is 5.40. The number of likely N-dealkylation sites (tertiary alicyclic amines) is 1. The molecule has 0 aromatic heterocycles.